The summed E-state index contributed by atoms with van der Waals surface area (Å²) < 4.78 is 0. The van der Waals surface area contributed by atoms with Gasteiger partial charge in [0.1, 0.15) is 22.5 Å². The Morgan fingerprint density at radius 3 is 2.26 bits per heavy atom. The van der Waals surface area contributed by atoms with Crippen LogP contribution in [0.3, 0.4) is 0 Å². The third kappa shape index (κ3) is 5.62. The lowest BCUT2D eigenvalue weighted by molar-refractivity contribution is -0.124. The van der Waals surface area contributed by atoms with Crippen LogP contribution in [0.2, 0.25) is 0 Å². The first-order valence-corrected chi connectivity index (χ1v) is 12.1. The average Bonchev–Trinajstić information content (AvgIpc) is 3.28. The van der Waals surface area contributed by atoms with Gasteiger partial charge in [-0.25, -0.2) is 0 Å². The van der Waals surface area contributed by atoms with Gasteiger partial charge >= 0.3 is 0 Å². The van der Waals surface area contributed by atoms with Crippen LogP contribution in [-0.4, -0.2) is 42.1 Å². The number of nitrogens with one attached hydrogen (secondary N) is 1. The molecule has 178 valence electrons. The van der Waals surface area contributed by atoms with E-state index < -0.39 is 0 Å². The van der Waals surface area contributed by atoms with Gasteiger partial charge in [0.2, 0.25) is 17.6 Å². The number of benzene rings is 2. The number of hydrogen-bond acceptors (Lipinski definition) is 7. The largest absolute Gasteiger partial charge is 0.369 e. The van der Waals surface area contributed by atoms with Crippen molar-refractivity contribution in [3.05, 3.63) is 88.1 Å². The van der Waals surface area contributed by atoms with E-state index in [9.17, 15) is 19.6 Å². The maximum Gasteiger partial charge on any atom is 0.239 e. The second kappa shape index (κ2) is 11.0. The first-order chi connectivity index (χ1) is 17.0. The fourth-order valence-electron chi connectivity index (χ4n) is 4.11. The van der Waals surface area contributed by atoms with Crippen molar-refractivity contribution in [1.82, 2.24) is 10.2 Å². The van der Waals surface area contributed by atoms with Crippen molar-refractivity contribution in [2.45, 2.75) is 12.8 Å². The molecule has 0 atom stereocenters. The number of Topliss-reactive ketones (excluding diaryl/α,β-unsaturated/α-hetero) is 1. The standard InChI is InChI=1S/C26H25N5O3S/c27-15-21(24(33)18-7-3-1-4-8-18)26-31(20-9-5-2-6-10-20)22(17-35-26)29-23(32)16-30-13-11-19(12-14-30)25(28)34/h1-10,17,19H,11-14,16H2,(H2,28,34)(H,29,32). The van der Waals surface area contributed by atoms with Crippen LogP contribution in [0.4, 0.5) is 5.69 Å². The molecule has 2 aliphatic rings. The van der Waals surface area contributed by atoms with Crippen molar-refractivity contribution in [2.75, 3.05) is 24.5 Å². The molecule has 0 bridgehead atoms. The van der Waals surface area contributed by atoms with E-state index in [1.807, 2.05) is 41.3 Å². The highest BCUT2D eigenvalue weighted by Crippen LogP contribution is 2.40. The number of para-hydroxylation sites is 1. The van der Waals surface area contributed by atoms with Gasteiger partial charge in [0.15, 0.2) is 0 Å². The number of piperidine rings is 1. The maximum atomic E-state index is 13.1. The van der Waals surface area contributed by atoms with E-state index in [1.165, 1.54) is 11.8 Å². The van der Waals surface area contributed by atoms with Crippen molar-refractivity contribution in [3.63, 3.8) is 0 Å². The Bertz CT molecular complexity index is 1210. The minimum absolute atomic E-state index is 0.000855. The molecule has 1 saturated heterocycles. The molecule has 0 radical (unpaired) electrons. The van der Waals surface area contributed by atoms with Gasteiger partial charge in [0.05, 0.1) is 6.54 Å². The van der Waals surface area contributed by atoms with Gasteiger partial charge in [-0.1, -0.05) is 60.3 Å². The number of thioether (sulfide) groups is 1. The molecule has 1 fully saturated rings. The van der Waals surface area contributed by atoms with E-state index in [-0.39, 0.29) is 35.6 Å². The molecule has 2 amide bonds. The molecule has 0 spiro atoms. The lowest BCUT2D eigenvalue weighted by atomic mass is 9.96. The van der Waals surface area contributed by atoms with E-state index in [0.717, 1.165) is 5.69 Å². The molecule has 9 heteroatoms. The summed E-state index contributed by atoms with van der Waals surface area (Å²) in [7, 11) is 0. The summed E-state index contributed by atoms with van der Waals surface area (Å²) in [5, 5.41) is 15.0. The molecule has 3 N–H and O–H groups in total. The van der Waals surface area contributed by atoms with Gasteiger partial charge in [-0.3, -0.25) is 24.2 Å². The fraction of sp³-hybridized carbons (Fsp3) is 0.231. The fourth-order valence-corrected chi connectivity index (χ4v) is 5.06. The van der Waals surface area contributed by atoms with Crippen molar-refractivity contribution >= 4 is 35.0 Å². The minimum atomic E-state index is -0.380. The summed E-state index contributed by atoms with van der Waals surface area (Å²) in [5.41, 5.74) is 6.53. The zero-order valence-corrected chi connectivity index (χ0v) is 19.8. The topological polar surface area (TPSA) is 120 Å². The average molecular weight is 488 g/mol. The van der Waals surface area contributed by atoms with Crippen molar-refractivity contribution in [2.24, 2.45) is 11.7 Å². The van der Waals surface area contributed by atoms with E-state index in [4.69, 9.17) is 5.73 Å². The summed E-state index contributed by atoms with van der Waals surface area (Å²) in [6.07, 6.45) is 1.27. The quantitative estimate of drug-likeness (QED) is 0.350. The Hall–Kier alpha value is -3.87. The Labute approximate surface area is 208 Å². The molecule has 0 unspecified atom stereocenters. The van der Waals surface area contributed by atoms with Crippen LogP contribution in [-0.2, 0) is 9.59 Å². The number of rotatable bonds is 7. The smallest absolute Gasteiger partial charge is 0.239 e. The Morgan fingerprint density at radius 2 is 1.66 bits per heavy atom. The number of nitrogens with two attached hydrogens (primary N) is 1. The molecule has 0 saturated carbocycles. The number of carbonyl (C=O) groups excluding carboxylic acids is 3. The summed E-state index contributed by atoms with van der Waals surface area (Å²) in [4.78, 5) is 41.1. The predicted molar refractivity (Wildman–Crippen MR) is 135 cm³/mol. The summed E-state index contributed by atoms with van der Waals surface area (Å²) >= 11 is 1.22. The molecule has 4 rings (SSSR count). The molecule has 2 aliphatic heterocycles. The van der Waals surface area contributed by atoms with Crippen molar-refractivity contribution < 1.29 is 14.4 Å². The van der Waals surface area contributed by atoms with Crippen LogP contribution >= 0.6 is 11.8 Å². The number of amides is 2. The molecule has 2 heterocycles. The Morgan fingerprint density at radius 1 is 1.03 bits per heavy atom. The van der Waals surface area contributed by atoms with Crippen LogP contribution in [0.1, 0.15) is 23.2 Å². The van der Waals surface area contributed by atoms with E-state index in [1.54, 1.807) is 34.6 Å². The highest BCUT2D eigenvalue weighted by Gasteiger charge is 2.31. The highest BCUT2D eigenvalue weighted by atomic mass is 32.2. The number of anilines is 1. The first kappa shape index (κ1) is 24.3. The van der Waals surface area contributed by atoms with Crippen molar-refractivity contribution in [1.29, 1.82) is 5.26 Å². The zero-order valence-electron chi connectivity index (χ0n) is 19.0. The molecule has 0 aliphatic carbocycles. The number of likely N-dealkylation sites (tertiary alicyclic amines) is 1. The molecule has 0 aromatic heterocycles. The molecule has 35 heavy (non-hydrogen) atoms. The lowest BCUT2D eigenvalue weighted by Crippen LogP contribution is -2.44. The molecular weight excluding hydrogens is 462 g/mol. The number of nitriles is 1. The highest BCUT2D eigenvalue weighted by molar-refractivity contribution is 8.06. The maximum absolute atomic E-state index is 13.1. The number of allylic oxidation sites excluding steroid dienone is 1. The second-order valence-electron chi connectivity index (χ2n) is 8.28. The summed E-state index contributed by atoms with van der Waals surface area (Å²) in [6.45, 7) is 1.41. The number of carbonyl (C=O) groups is 3. The third-order valence-corrected chi connectivity index (χ3v) is 6.91. The lowest BCUT2D eigenvalue weighted by Gasteiger charge is -2.30. The van der Waals surface area contributed by atoms with Crippen LogP contribution in [0, 0.1) is 17.2 Å². The second-order valence-corrected chi connectivity index (χ2v) is 9.14. The number of nitrogens with zero attached hydrogens (tertiary/aromatic N) is 3. The van der Waals surface area contributed by atoms with E-state index in [2.05, 4.69) is 11.4 Å². The third-order valence-electron chi connectivity index (χ3n) is 5.95. The zero-order chi connectivity index (χ0) is 24.8. The normalized spacial score (nSPS) is 17.9. The Kier molecular flexibility index (Phi) is 7.65. The minimum Gasteiger partial charge on any atom is -0.369 e. The molecule has 2 aromatic rings. The van der Waals surface area contributed by atoms with Crippen molar-refractivity contribution in [3.8, 4) is 6.07 Å². The summed E-state index contributed by atoms with van der Waals surface area (Å²) in [6, 6.07) is 20.0. The Balaban J connectivity index is 1.54. The number of primary amides is 1. The first-order valence-electron chi connectivity index (χ1n) is 11.3. The monoisotopic (exact) mass is 487 g/mol. The van der Waals surface area contributed by atoms with Crippen LogP contribution in [0.25, 0.3) is 0 Å². The van der Waals surface area contributed by atoms with Gasteiger partial charge in [0.25, 0.3) is 0 Å². The van der Waals surface area contributed by atoms with Gasteiger partial charge in [-0.2, -0.15) is 5.26 Å². The number of hydrogen-bond donors (Lipinski definition) is 2. The molecule has 2 aromatic carbocycles. The van der Waals surface area contributed by atoms with Crippen LogP contribution in [0.5, 0.6) is 0 Å². The van der Waals surface area contributed by atoms with E-state index in [0.29, 0.717) is 42.3 Å². The molecule has 8 nitrogen and oxygen atoms in total. The SMILES string of the molecule is N#CC(C(=O)c1ccccc1)=C1SC=C(NC(=O)CN2CCC(C(N)=O)CC2)N1c1ccccc1. The van der Waals surface area contributed by atoms with Gasteiger partial charge in [-0.15, -0.1) is 0 Å². The van der Waals surface area contributed by atoms with Crippen LogP contribution in [0.15, 0.2) is 82.5 Å². The molecular formula is C26H25N5O3S. The van der Waals surface area contributed by atoms with Crippen LogP contribution < -0.4 is 16.0 Å². The van der Waals surface area contributed by atoms with Gasteiger partial charge < -0.3 is 11.1 Å². The summed E-state index contributed by atoms with van der Waals surface area (Å²) in [5.74, 6) is -0.560. The van der Waals surface area contributed by atoms with Gasteiger partial charge in [-0.05, 0) is 38.1 Å². The number of ketones is 1. The van der Waals surface area contributed by atoms with E-state index >= 15 is 0 Å². The van der Waals surface area contributed by atoms with Gasteiger partial charge in [0, 0.05) is 22.6 Å². The predicted octanol–water partition coefficient (Wildman–Crippen LogP) is 2.97.